The number of unbranched alkanes of at least 4 members (excludes halogenated alkanes) is 3. The van der Waals surface area contributed by atoms with Crippen LogP contribution in [0.5, 0.6) is 5.75 Å². The Morgan fingerprint density at radius 3 is 1.64 bits per heavy atom. The van der Waals surface area contributed by atoms with Gasteiger partial charge in [-0.15, -0.1) is 0 Å². The maximum absolute atomic E-state index is 12.8. The third kappa shape index (κ3) is 13.2. The van der Waals surface area contributed by atoms with Crippen LogP contribution in [-0.2, 0) is 28.5 Å². The van der Waals surface area contributed by atoms with Gasteiger partial charge in [0.2, 0.25) is 0 Å². The maximum Gasteiger partial charge on any atom is 0.339 e. The Hall–Kier alpha value is -3.75. The van der Waals surface area contributed by atoms with E-state index in [-0.39, 0.29) is 36.5 Å². The molecule has 9 nitrogen and oxygen atoms in total. The fourth-order valence-electron chi connectivity index (χ4n) is 2.88. The second-order valence-electron chi connectivity index (χ2n) is 7.44. The van der Waals surface area contributed by atoms with E-state index in [2.05, 4.69) is 19.7 Å². The summed E-state index contributed by atoms with van der Waals surface area (Å²) >= 11 is 0. The highest BCUT2D eigenvalue weighted by Crippen LogP contribution is 2.21. The number of ether oxygens (including phenoxy) is 6. The van der Waals surface area contributed by atoms with Gasteiger partial charge in [0.25, 0.3) is 0 Å². The highest BCUT2D eigenvalue weighted by Gasteiger charge is 2.21. The fourth-order valence-corrected chi connectivity index (χ4v) is 2.88. The summed E-state index contributed by atoms with van der Waals surface area (Å²) in [7, 11) is 0. The Bertz CT molecular complexity index is 848. The zero-order chi connectivity index (χ0) is 26.4. The Balaban J connectivity index is 2.79. The molecule has 0 radical (unpaired) electrons. The quantitative estimate of drug-likeness (QED) is 0.0976. The number of rotatable bonds is 21. The van der Waals surface area contributed by atoms with Gasteiger partial charge in [0.15, 0.2) is 0 Å². The van der Waals surface area contributed by atoms with Crippen molar-refractivity contribution in [2.75, 3.05) is 33.0 Å². The molecule has 0 saturated heterocycles. The third-order valence-electron chi connectivity index (χ3n) is 4.69. The van der Waals surface area contributed by atoms with Crippen molar-refractivity contribution in [1.29, 1.82) is 0 Å². The van der Waals surface area contributed by atoms with Crippen LogP contribution in [-0.4, -0.2) is 50.9 Å². The molecule has 0 aromatic heterocycles. The van der Waals surface area contributed by atoms with E-state index >= 15 is 0 Å². The van der Waals surface area contributed by atoms with E-state index in [0.29, 0.717) is 58.3 Å². The van der Waals surface area contributed by atoms with Crippen molar-refractivity contribution in [3.63, 3.8) is 0 Å². The first-order valence-corrected chi connectivity index (χ1v) is 11.9. The lowest BCUT2D eigenvalue weighted by Crippen LogP contribution is -2.16. The second kappa shape index (κ2) is 19.5. The minimum absolute atomic E-state index is 0.0266. The number of esters is 3. The maximum atomic E-state index is 12.8. The van der Waals surface area contributed by atoms with Gasteiger partial charge in [-0.05, 0) is 56.7 Å². The van der Waals surface area contributed by atoms with Crippen molar-refractivity contribution < 1.29 is 42.8 Å². The number of hydrogen-bond acceptors (Lipinski definition) is 9. The van der Waals surface area contributed by atoms with Gasteiger partial charge in [-0.2, -0.15) is 0 Å². The van der Waals surface area contributed by atoms with Gasteiger partial charge in [-0.1, -0.05) is 19.7 Å². The Kier molecular flexibility index (Phi) is 16.4. The Morgan fingerprint density at radius 1 is 0.639 bits per heavy atom. The summed E-state index contributed by atoms with van der Waals surface area (Å²) in [5.74, 6) is -1.73. The number of carbonyl (C=O) groups is 3. The molecule has 0 fully saturated rings. The molecule has 0 unspecified atom stereocenters. The molecular formula is C27H36O9. The number of carbonyl (C=O) groups excluding carboxylic acids is 3. The highest BCUT2D eigenvalue weighted by molar-refractivity contribution is 6.03. The van der Waals surface area contributed by atoms with Gasteiger partial charge in [0.05, 0.1) is 62.9 Å². The van der Waals surface area contributed by atoms with Gasteiger partial charge in [0, 0.05) is 6.42 Å². The molecule has 1 aromatic carbocycles. The van der Waals surface area contributed by atoms with E-state index < -0.39 is 17.9 Å². The van der Waals surface area contributed by atoms with Crippen LogP contribution in [0.25, 0.3) is 0 Å². The lowest BCUT2D eigenvalue weighted by Gasteiger charge is -2.12. The highest BCUT2D eigenvalue weighted by atomic mass is 16.5. The molecule has 0 N–H and O–H groups in total. The predicted octanol–water partition coefficient (Wildman–Crippen LogP) is 5.12. The van der Waals surface area contributed by atoms with E-state index in [4.69, 9.17) is 28.4 Å². The van der Waals surface area contributed by atoms with Crippen LogP contribution in [0.2, 0.25) is 0 Å². The minimum atomic E-state index is -0.717. The zero-order valence-corrected chi connectivity index (χ0v) is 20.7. The normalized spacial score (nSPS) is 10.0. The molecule has 0 spiro atoms. The van der Waals surface area contributed by atoms with Gasteiger partial charge >= 0.3 is 17.9 Å². The molecule has 9 heteroatoms. The molecule has 0 aliphatic carbocycles. The first-order valence-electron chi connectivity index (χ1n) is 11.9. The summed E-state index contributed by atoms with van der Waals surface area (Å²) in [5.41, 5.74) is -0.0132. The molecule has 1 rings (SSSR count). The zero-order valence-electron chi connectivity index (χ0n) is 20.7. The van der Waals surface area contributed by atoms with Crippen molar-refractivity contribution in [3.05, 3.63) is 67.8 Å². The largest absolute Gasteiger partial charge is 0.502 e. The Morgan fingerprint density at radius 2 is 1.11 bits per heavy atom. The summed E-state index contributed by atoms with van der Waals surface area (Å²) in [6, 6.07) is 4.14. The van der Waals surface area contributed by atoms with E-state index in [9.17, 15) is 14.4 Å². The molecular weight excluding hydrogens is 468 g/mol. The minimum Gasteiger partial charge on any atom is -0.502 e. The van der Waals surface area contributed by atoms with Gasteiger partial charge < -0.3 is 28.4 Å². The monoisotopic (exact) mass is 504 g/mol. The van der Waals surface area contributed by atoms with Crippen molar-refractivity contribution in [3.8, 4) is 5.75 Å². The van der Waals surface area contributed by atoms with Crippen molar-refractivity contribution in [2.45, 2.75) is 44.9 Å². The second-order valence-corrected chi connectivity index (χ2v) is 7.44. The Labute approximate surface area is 212 Å². The SMILES string of the molecule is C=COCCCCOC(=O)c1ccc(OC(=O)CCCCOC=C)cc1C(=O)OCCCCOC=C. The molecule has 36 heavy (non-hydrogen) atoms. The smallest absolute Gasteiger partial charge is 0.339 e. The third-order valence-corrected chi connectivity index (χ3v) is 4.69. The molecule has 1 aromatic rings. The molecule has 198 valence electrons. The van der Waals surface area contributed by atoms with Crippen LogP contribution < -0.4 is 4.74 Å². The summed E-state index contributed by atoms with van der Waals surface area (Å²) in [6.07, 6.45) is 7.94. The summed E-state index contributed by atoms with van der Waals surface area (Å²) in [6.45, 7) is 12.1. The van der Waals surface area contributed by atoms with E-state index in [0.717, 1.165) is 0 Å². The summed E-state index contributed by atoms with van der Waals surface area (Å²) in [4.78, 5) is 37.6. The molecule has 0 saturated carbocycles. The predicted molar refractivity (Wildman–Crippen MR) is 133 cm³/mol. The van der Waals surface area contributed by atoms with Crippen LogP contribution in [0.15, 0.2) is 56.7 Å². The molecule has 0 atom stereocenters. The van der Waals surface area contributed by atoms with Crippen LogP contribution in [0, 0.1) is 0 Å². The number of benzene rings is 1. The molecule has 0 aliphatic rings. The topological polar surface area (TPSA) is 107 Å². The first kappa shape index (κ1) is 30.3. The summed E-state index contributed by atoms with van der Waals surface area (Å²) in [5, 5.41) is 0. The average Bonchev–Trinajstić information content (AvgIpc) is 2.87. The average molecular weight is 505 g/mol. The van der Waals surface area contributed by atoms with Crippen LogP contribution >= 0.6 is 0 Å². The van der Waals surface area contributed by atoms with Crippen LogP contribution in [0.1, 0.15) is 65.7 Å². The van der Waals surface area contributed by atoms with Crippen LogP contribution in [0.3, 0.4) is 0 Å². The fraction of sp³-hybridized carbons (Fsp3) is 0.444. The van der Waals surface area contributed by atoms with Crippen molar-refractivity contribution in [1.82, 2.24) is 0 Å². The standard InChI is InChI=1S/C27H36O9/c1-4-31-16-8-7-13-25(28)36-22-14-15-23(26(29)34-19-11-9-17-32-5-2)24(21-22)27(30)35-20-12-10-18-33-6-3/h4-6,14-15,21H,1-3,7-13,16-20H2. The lowest BCUT2D eigenvalue weighted by molar-refractivity contribution is -0.134. The molecule has 0 heterocycles. The lowest BCUT2D eigenvalue weighted by atomic mass is 10.1. The van der Waals surface area contributed by atoms with E-state index in [1.165, 1.54) is 37.0 Å². The van der Waals surface area contributed by atoms with Gasteiger partial charge in [0.1, 0.15) is 5.75 Å². The first-order chi connectivity index (χ1) is 17.5. The molecule has 0 aliphatic heterocycles. The van der Waals surface area contributed by atoms with E-state index in [1.54, 1.807) is 0 Å². The van der Waals surface area contributed by atoms with Gasteiger partial charge in [-0.3, -0.25) is 4.79 Å². The van der Waals surface area contributed by atoms with Crippen molar-refractivity contribution >= 4 is 17.9 Å². The number of hydrogen-bond donors (Lipinski definition) is 0. The van der Waals surface area contributed by atoms with Gasteiger partial charge in [-0.25, -0.2) is 9.59 Å². The van der Waals surface area contributed by atoms with Crippen molar-refractivity contribution in [2.24, 2.45) is 0 Å². The molecule has 0 bridgehead atoms. The van der Waals surface area contributed by atoms with E-state index in [1.807, 2.05) is 0 Å². The summed E-state index contributed by atoms with van der Waals surface area (Å²) < 4.78 is 31.0. The van der Waals surface area contributed by atoms with Crippen LogP contribution in [0.4, 0.5) is 0 Å². The molecule has 0 amide bonds.